The monoisotopic (exact) mass is 425 g/mol. The lowest BCUT2D eigenvalue weighted by atomic mass is 10.2. The lowest BCUT2D eigenvalue weighted by molar-refractivity contribution is -0.113. The molecule has 0 aliphatic carbocycles. The maximum absolute atomic E-state index is 12.3. The number of nitrogens with zero attached hydrogens (tertiary/aromatic N) is 2. The number of esters is 1. The molecule has 0 radical (unpaired) electrons. The van der Waals surface area contributed by atoms with Crippen molar-refractivity contribution in [1.29, 1.82) is 0 Å². The molecule has 0 saturated carbocycles. The molecule has 8 heteroatoms. The molecule has 0 unspecified atom stereocenters. The van der Waals surface area contributed by atoms with Crippen LogP contribution in [0.2, 0.25) is 0 Å². The van der Waals surface area contributed by atoms with Gasteiger partial charge in [-0.1, -0.05) is 42.1 Å². The summed E-state index contributed by atoms with van der Waals surface area (Å²) in [5, 5.41) is 12.9. The molecule has 156 valence electrons. The van der Waals surface area contributed by atoms with Gasteiger partial charge in [-0.3, -0.25) is 4.79 Å². The van der Waals surface area contributed by atoms with Crippen LogP contribution in [0.5, 0.6) is 0 Å². The van der Waals surface area contributed by atoms with Gasteiger partial charge >= 0.3 is 5.97 Å². The standard InChI is InChI=1S/C22H23N3O4S/c1-2-29-21(28)17-8-10-18(11-9-17)23-20(27)15-30-22-24-19(14-26)13-25(22)12-16-6-4-3-5-7-16/h3-11,13,26H,2,12,14-15H2,1H3,(H,23,27). The summed E-state index contributed by atoms with van der Waals surface area (Å²) >= 11 is 1.30. The molecule has 3 rings (SSSR count). The maximum atomic E-state index is 12.3. The van der Waals surface area contributed by atoms with Crippen LogP contribution in [-0.4, -0.2) is 38.9 Å². The molecule has 0 atom stereocenters. The maximum Gasteiger partial charge on any atom is 0.338 e. The molecule has 30 heavy (non-hydrogen) atoms. The van der Waals surface area contributed by atoms with Crippen molar-refractivity contribution in [2.75, 3.05) is 17.7 Å². The summed E-state index contributed by atoms with van der Waals surface area (Å²) < 4.78 is 6.87. The van der Waals surface area contributed by atoms with E-state index in [0.29, 0.717) is 35.3 Å². The molecule has 1 amide bonds. The van der Waals surface area contributed by atoms with Gasteiger partial charge in [0.15, 0.2) is 5.16 Å². The number of rotatable bonds is 9. The molecule has 1 aromatic heterocycles. The Morgan fingerprint density at radius 2 is 1.87 bits per heavy atom. The molecular weight excluding hydrogens is 402 g/mol. The smallest absolute Gasteiger partial charge is 0.338 e. The summed E-state index contributed by atoms with van der Waals surface area (Å²) in [4.78, 5) is 28.4. The van der Waals surface area contributed by atoms with Crippen LogP contribution in [0.1, 0.15) is 28.5 Å². The van der Waals surface area contributed by atoms with Crippen LogP contribution in [0.25, 0.3) is 0 Å². The van der Waals surface area contributed by atoms with E-state index in [1.54, 1.807) is 37.4 Å². The molecule has 0 fully saturated rings. The summed E-state index contributed by atoms with van der Waals surface area (Å²) in [5.41, 5.74) is 2.69. The zero-order chi connectivity index (χ0) is 21.3. The van der Waals surface area contributed by atoms with Crippen molar-refractivity contribution in [3.63, 3.8) is 0 Å². The Balaban J connectivity index is 1.59. The zero-order valence-electron chi connectivity index (χ0n) is 16.6. The largest absolute Gasteiger partial charge is 0.462 e. The number of amides is 1. The number of hydrogen-bond donors (Lipinski definition) is 2. The second kappa shape index (κ2) is 10.6. The Hall–Kier alpha value is -3.10. The van der Waals surface area contributed by atoms with Gasteiger partial charge in [-0.15, -0.1) is 0 Å². The Kier molecular flexibility index (Phi) is 7.64. The summed E-state index contributed by atoms with van der Waals surface area (Å²) in [5.74, 6) is -0.421. The first-order chi connectivity index (χ1) is 14.6. The Morgan fingerprint density at radius 3 is 2.53 bits per heavy atom. The van der Waals surface area contributed by atoms with E-state index in [2.05, 4.69) is 10.3 Å². The first kappa shape index (κ1) is 21.6. The fourth-order valence-electron chi connectivity index (χ4n) is 2.77. The van der Waals surface area contributed by atoms with Crippen LogP contribution in [-0.2, 0) is 22.7 Å². The number of ether oxygens (including phenoxy) is 1. The van der Waals surface area contributed by atoms with Crippen LogP contribution in [0.3, 0.4) is 0 Å². The number of carbonyl (C=O) groups is 2. The number of nitrogens with one attached hydrogen (secondary N) is 1. The average molecular weight is 426 g/mol. The van der Waals surface area contributed by atoms with Gasteiger partial charge in [-0.2, -0.15) is 0 Å². The van der Waals surface area contributed by atoms with Gasteiger partial charge < -0.3 is 19.7 Å². The third-order valence-electron chi connectivity index (χ3n) is 4.16. The number of imidazole rings is 1. The lowest BCUT2D eigenvalue weighted by Crippen LogP contribution is -2.15. The molecule has 0 aliphatic rings. The summed E-state index contributed by atoms with van der Waals surface area (Å²) in [7, 11) is 0. The van der Waals surface area contributed by atoms with Crippen molar-refractivity contribution in [2.24, 2.45) is 0 Å². The van der Waals surface area contributed by atoms with Crippen LogP contribution >= 0.6 is 11.8 Å². The number of benzene rings is 2. The van der Waals surface area contributed by atoms with E-state index in [0.717, 1.165) is 5.56 Å². The molecule has 7 nitrogen and oxygen atoms in total. The third-order valence-corrected chi connectivity index (χ3v) is 5.15. The second-order valence-corrected chi connectivity index (χ2v) is 7.36. The predicted octanol–water partition coefficient (Wildman–Crippen LogP) is 3.33. The number of thioether (sulfide) groups is 1. The molecule has 2 N–H and O–H groups in total. The van der Waals surface area contributed by atoms with Crippen LogP contribution < -0.4 is 5.32 Å². The lowest BCUT2D eigenvalue weighted by Gasteiger charge is -2.08. The topological polar surface area (TPSA) is 93.4 Å². The number of aromatic nitrogens is 2. The Labute approximate surface area is 179 Å². The first-order valence-corrected chi connectivity index (χ1v) is 10.5. The van der Waals surface area contributed by atoms with E-state index >= 15 is 0 Å². The number of hydrogen-bond acceptors (Lipinski definition) is 6. The molecule has 0 spiro atoms. The number of carbonyl (C=O) groups excluding carboxylic acids is 2. The van der Waals surface area contributed by atoms with Crippen molar-refractivity contribution < 1.29 is 19.4 Å². The van der Waals surface area contributed by atoms with Crippen molar-refractivity contribution in [1.82, 2.24) is 9.55 Å². The van der Waals surface area contributed by atoms with E-state index < -0.39 is 5.97 Å². The molecule has 2 aromatic carbocycles. The molecular formula is C22H23N3O4S. The van der Waals surface area contributed by atoms with Gasteiger partial charge in [-0.05, 0) is 36.8 Å². The van der Waals surface area contributed by atoms with E-state index in [9.17, 15) is 14.7 Å². The van der Waals surface area contributed by atoms with Crippen molar-refractivity contribution in [3.05, 3.63) is 77.6 Å². The fraction of sp³-hybridized carbons (Fsp3) is 0.227. The molecule has 3 aromatic rings. The minimum atomic E-state index is -0.393. The van der Waals surface area contributed by atoms with Gasteiger partial charge in [0.25, 0.3) is 0 Å². The second-order valence-electron chi connectivity index (χ2n) is 6.42. The van der Waals surface area contributed by atoms with Gasteiger partial charge in [0.1, 0.15) is 0 Å². The van der Waals surface area contributed by atoms with E-state index in [1.165, 1.54) is 11.8 Å². The zero-order valence-corrected chi connectivity index (χ0v) is 17.4. The van der Waals surface area contributed by atoms with E-state index in [1.807, 2.05) is 34.9 Å². The number of aliphatic hydroxyl groups excluding tert-OH is 1. The summed E-state index contributed by atoms with van der Waals surface area (Å²) in [6.07, 6.45) is 1.79. The summed E-state index contributed by atoms with van der Waals surface area (Å²) in [6, 6.07) is 16.5. The van der Waals surface area contributed by atoms with Crippen molar-refractivity contribution in [3.8, 4) is 0 Å². The minimum absolute atomic E-state index is 0.158. The highest BCUT2D eigenvalue weighted by atomic mass is 32.2. The molecule has 1 heterocycles. The normalized spacial score (nSPS) is 10.6. The Bertz CT molecular complexity index is 987. The highest BCUT2D eigenvalue weighted by Crippen LogP contribution is 2.20. The van der Waals surface area contributed by atoms with E-state index in [4.69, 9.17) is 4.74 Å². The first-order valence-electron chi connectivity index (χ1n) is 9.49. The van der Waals surface area contributed by atoms with E-state index in [-0.39, 0.29) is 18.3 Å². The quantitative estimate of drug-likeness (QED) is 0.403. The molecule has 0 bridgehead atoms. The molecule has 0 saturated heterocycles. The summed E-state index contributed by atoms with van der Waals surface area (Å²) in [6.45, 7) is 2.51. The van der Waals surface area contributed by atoms with Gasteiger partial charge in [-0.25, -0.2) is 9.78 Å². The number of anilines is 1. The van der Waals surface area contributed by atoms with Crippen LogP contribution in [0.4, 0.5) is 5.69 Å². The molecule has 0 aliphatic heterocycles. The average Bonchev–Trinajstić information content (AvgIpc) is 3.15. The predicted molar refractivity (Wildman–Crippen MR) is 115 cm³/mol. The van der Waals surface area contributed by atoms with Gasteiger partial charge in [0, 0.05) is 18.4 Å². The van der Waals surface area contributed by atoms with Crippen LogP contribution in [0, 0.1) is 0 Å². The number of aliphatic hydroxyl groups is 1. The van der Waals surface area contributed by atoms with Crippen LogP contribution in [0.15, 0.2) is 66.0 Å². The highest BCUT2D eigenvalue weighted by molar-refractivity contribution is 7.99. The SMILES string of the molecule is CCOC(=O)c1ccc(NC(=O)CSc2nc(CO)cn2Cc2ccccc2)cc1. The van der Waals surface area contributed by atoms with Gasteiger partial charge in [0.2, 0.25) is 5.91 Å². The minimum Gasteiger partial charge on any atom is -0.462 e. The van der Waals surface area contributed by atoms with Crippen molar-refractivity contribution >= 4 is 29.3 Å². The fourth-order valence-corrected chi connectivity index (χ4v) is 3.56. The van der Waals surface area contributed by atoms with Gasteiger partial charge in [0.05, 0.1) is 30.2 Å². The highest BCUT2D eigenvalue weighted by Gasteiger charge is 2.12. The Morgan fingerprint density at radius 1 is 1.13 bits per heavy atom. The van der Waals surface area contributed by atoms with Crippen molar-refractivity contribution in [2.45, 2.75) is 25.2 Å². The third kappa shape index (κ3) is 5.95.